The molecule has 0 amide bonds. The number of β-amino-alcohol motifs (C(OH)–C–C–N with tert-alkyl or cyclic N) is 4. The van der Waals surface area contributed by atoms with E-state index in [1.54, 1.807) is 60.2 Å². The van der Waals surface area contributed by atoms with Crippen molar-refractivity contribution in [1.82, 2.24) is 44.7 Å². The van der Waals surface area contributed by atoms with Gasteiger partial charge in [-0.05, 0) is 61.4 Å². The molecule has 91 heavy (non-hydrogen) atoms. The van der Waals surface area contributed by atoms with Gasteiger partial charge in [-0.15, -0.1) is 0 Å². The zero-order chi connectivity index (χ0) is 65.3. The second kappa shape index (κ2) is 46.6. The number of para-hydroxylation sites is 1. The van der Waals surface area contributed by atoms with Crippen LogP contribution < -0.4 is 15.1 Å². The molecule has 4 saturated heterocycles. The van der Waals surface area contributed by atoms with E-state index in [0.717, 1.165) is 156 Å². The summed E-state index contributed by atoms with van der Waals surface area (Å²) in [5.41, 5.74) is 4.91. The predicted octanol–water partition coefficient (Wildman–Crippen LogP) is 2.72. The second-order valence-electron chi connectivity index (χ2n) is 23.9. The molecule has 0 saturated carbocycles. The van der Waals surface area contributed by atoms with Crippen LogP contribution in [0.15, 0.2) is 97.5 Å². The van der Waals surface area contributed by atoms with Crippen LogP contribution in [0.1, 0.15) is 42.5 Å². The summed E-state index contributed by atoms with van der Waals surface area (Å²) in [5, 5.41) is 51.8. The minimum absolute atomic E-state index is 0.171. The fourth-order valence-electron chi connectivity index (χ4n) is 11.8. The fraction of sp³-hybridized carbons (Fsp3) is 0.676. The molecule has 4 aliphatic heterocycles. The quantitative estimate of drug-likeness (QED) is 0.0414. The van der Waals surface area contributed by atoms with Gasteiger partial charge in [-0.2, -0.15) is 0 Å². The molecule has 1 aromatic heterocycles. The lowest BCUT2D eigenvalue weighted by Crippen LogP contribution is -2.49. The number of nitrogens with one attached hydrogen (secondary N) is 1. The van der Waals surface area contributed by atoms with Crippen molar-refractivity contribution < 1.29 is 58.3 Å². The molecule has 1 aliphatic carbocycles. The SMILES string of the molecule is CCOCCN1CCN(CC(O)COC)CC1.COCC(O)CN1CCN(CCc2ccccc2)CC1.COCC(O)CN1CCN(c2ccccc2F)CC1.COCC(O)CN1CCN(c2cnccn2)CC1.COCC(O)CN[C@@H]1CCCc2ccccc21. The van der Waals surface area contributed by atoms with Gasteiger partial charge in [-0.3, -0.25) is 29.5 Å². The molecule has 0 bridgehead atoms. The maximum atomic E-state index is 13.7. The van der Waals surface area contributed by atoms with Gasteiger partial charge in [0.15, 0.2) is 0 Å². The molecule has 23 heteroatoms. The number of benzene rings is 3. The van der Waals surface area contributed by atoms with E-state index in [-0.39, 0.29) is 18.0 Å². The number of aryl methyl sites for hydroxylation is 1. The molecular formula is C68H114FN11O11. The Morgan fingerprint density at radius 3 is 1.46 bits per heavy atom. The number of aliphatic hydroxyl groups is 5. The second-order valence-corrected chi connectivity index (χ2v) is 23.9. The van der Waals surface area contributed by atoms with Gasteiger partial charge in [0.05, 0.1) is 82.0 Å². The standard InChI is InChI=1S/C16H26N2O2.C14H21FN2O2.C14H21NO2.C12H20N4O2.C12H26N2O3/c1-20-14-16(19)13-18-11-9-17(10-12-18)8-7-15-5-3-2-4-6-15;1-19-11-12(18)10-16-6-8-17(9-7-16)14-5-3-2-4-13(14)15;1-17-10-12(16)9-15-14-8-4-6-11-5-2-3-7-13(11)14;1-18-10-11(17)9-15-4-6-16(7-5-15)12-8-13-2-3-14-12;1-3-17-9-8-13-4-6-14(7-5-13)10-12(15)11-16-2/h2-6,16,19H,7-14H2,1H3;2-5,12,18H,6-11H2,1H3;2-3,5,7,12,14-16H,4,6,8-10H2,1H3;2-3,8,11,17H,4-7,9-10H2,1H3;12,15H,3-11H2,1-2H3/t;;12?,14-;;/m..1../s1. The molecule has 3 aromatic carbocycles. The third-order valence-corrected chi connectivity index (χ3v) is 16.7. The van der Waals surface area contributed by atoms with Crippen LogP contribution >= 0.6 is 0 Å². The fourth-order valence-corrected chi connectivity index (χ4v) is 11.8. The molecule has 6 atom stereocenters. The van der Waals surface area contributed by atoms with Gasteiger partial charge in [-0.1, -0.05) is 66.7 Å². The van der Waals surface area contributed by atoms with Gasteiger partial charge in [-0.25, -0.2) is 9.37 Å². The highest BCUT2D eigenvalue weighted by molar-refractivity contribution is 5.48. The maximum absolute atomic E-state index is 13.7. The lowest BCUT2D eigenvalue weighted by atomic mass is 9.88. The zero-order valence-electron chi connectivity index (χ0n) is 55.8. The summed E-state index contributed by atoms with van der Waals surface area (Å²) in [6.07, 6.45) is 7.83. The average molecular weight is 1280 g/mol. The Bertz CT molecular complexity index is 2390. The number of halogens is 1. The van der Waals surface area contributed by atoms with Crippen molar-refractivity contribution in [3.05, 3.63) is 120 Å². The van der Waals surface area contributed by atoms with Gasteiger partial charge >= 0.3 is 0 Å². The molecule has 0 radical (unpaired) electrons. The van der Waals surface area contributed by atoms with Gasteiger partial charge in [0.25, 0.3) is 0 Å². The smallest absolute Gasteiger partial charge is 0.147 e. The summed E-state index contributed by atoms with van der Waals surface area (Å²) in [5.74, 6) is 0.755. The number of methoxy groups -OCH3 is 5. The van der Waals surface area contributed by atoms with E-state index in [2.05, 4.69) is 109 Å². The zero-order valence-corrected chi connectivity index (χ0v) is 55.8. The number of aromatic nitrogens is 2. The highest BCUT2D eigenvalue weighted by atomic mass is 19.1. The maximum Gasteiger partial charge on any atom is 0.147 e. The Hall–Kier alpha value is -4.45. The van der Waals surface area contributed by atoms with Crippen molar-refractivity contribution in [2.24, 2.45) is 0 Å². The summed E-state index contributed by atoms with van der Waals surface area (Å²) < 4.78 is 43.7. The number of anilines is 2. The van der Waals surface area contributed by atoms with Crippen LogP contribution in [0, 0.1) is 5.82 Å². The van der Waals surface area contributed by atoms with Crippen molar-refractivity contribution in [3.63, 3.8) is 0 Å². The number of hydrogen-bond acceptors (Lipinski definition) is 22. The van der Waals surface area contributed by atoms with Crippen molar-refractivity contribution in [1.29, 1.82) is 0 Å². The summed E-state index contributed by atoms with van der Waals surface area (Å²) >= 11 is 0. The molecule has 9 rings (SSSR count). The third kappa shape index (κ3) is 31.6. The minimum atomic E-state index is -0.454. The Morgan fingerprint density at radius 2 is 0.967 bits per heavy atom. The largest absolute Gasteiger partial charge is 0.389 e. The van der Waals surface area contributed by atoms with Crippen LogP contribution in [0.4, 0.5) is 15.9 Å². The molecule has 4 aromatic rings. The molecule has 5 heterocycles. The van der Waals surface area contributed by atoms with Crippen LogP contribution in [-0.4, -0.2) is 328 Å². The summed E-state index contributed by atoms with van der Waals surface area (Å²) in [7, 11) is 8.05. The normalized spacial score (nSPS) is 19.6. The number of aliphatic hydroxyl groups excluding tert-OH is 5. The number of nitrogens with zero attached hydrogens (tertiary/aromatic N) is 10. The first-order chi connectivity index (χ1) is 44.3. The first-order valence-electron chi connectivity index (χ1n) is 33.0. The van der Waals surface area contributed by atoms with Crippen LogP contribution in [0.25, 0.3) is 0 Å². The van der Waals surface area contributed by atoms with Crippen LogP contribution in [0.2, 0.25) is 0 Å². The van der Waals surface area contributed by atoms with E-state index >= 15 is 0 Å². The van der Waals surface area contributed by atoms with Crippen molar-refractivity contribution >= 4 is 11.5 Å². The minimum Gasteiger partial charge on any atom is -0.389 e. The number of ether oxygens (including phenoxy) is 6. The monoisotopic (exact) mass is 1280 g/mol. The summed E-state index contributed by atoms with van der Waals surface area (Å²) in [6, 6.07) is 26.5. The number of hydrogen-bond donors (Lipinski definition) is 6. The first-order valence-corrected chi connectivity index (χ1v) is 33.0. The Labute approximate surface area is 543 Å². The predicted molar refractivity (Wildman–Crippen MR) is 358 cm³/mol. The van der Waals surface area contributed by atoms with E-state index < -0.39 is 18.3 Å². The van der Waals surface area contributed by atoms with Crippen molar-refractivity contribution in [2.75, 3.05) is 242 Å². The lowest BCUT2D eigenvalue weighted by molar-refractivity contribution is 0.0197. The van der Waals surface area contributed by atoms with E-state index in [1.165, 1.54) is 35.6 Å². The van der Waals surface area contributed by atoms with E-state index in [0.29, 0.717) is 70.9 Å². The summed E-state index contributed by atoms with van der Waals surface area (Å²) in [4.78, 5) is 26.6. The van der Waals surface area contributed by atoms with Crippen LogP contribution in [0.3, 0.4) is 0 Å². The van der Waals surface area contributed by atoms with Gasteiger partial charge in [0.1, 0.15) is 11.6 Å². The Kier molecular flexibility index (Phi) is 39.6. The van der Waals surface area contributed by atoms with Crippen LogP contribution in [0.5, 0.6) is 0 Å². The summed E-state index contributed by atoms with van der Waals surface area (Å²) in [6.45, 7) is 26.4. The van der Waals surface area contributed by atoms with Gasteiger partial charge < -0.3 is 74.0 Å². The Morgan fingerprint density at radius 1 is 0.516 bits per heavy atom. The molecule has 0 spiro atoms. The van der Waals surface area contributed by atoms with Gasteiger partial charge in [0.2, 0.25) is 0 Å². The van der Waals surface area contributed by atoms with Crippen LogP contribution in [-0.2, 0) is 41.3 Å². The molecule has 5 unspecified atom stereocenters. The van der Waals surface area contributed by atoms with Gasteiger partial charge in [0, 0.05) is 211 Å². The first kappa shape index (κ1) is 77.3. The van der Waals surface area contributed by atoms with E-state index in [4.69, 9.17) is 28.4 Å². The highest BCUT2D eigenvalue weighted by Gasteiger charge is 2.25. The number of piperazine rings is 4. The molecule has 22 nitrogen and oxygen atoms in total. The molecule has 4 fully saturated rings. The van der Waals surface area contributed by atoms with E-state index in [9.17, 15) is 29.9 Å². The number of rotatable bonds is 30. The average Bonchev–Trinajstić information content (AvgIpc) is 3.34. The molecular weight excluding hydrogens is 1170 g/mol. The van der Waals surface area contributed by atoms with Crippen molar-refractivity contribution in [2.45, 2.75) is 69.2 Å². The topological polar surface area (TPSA) is 220 Å². The highest BCUT2D eigenvalue weighted by Crippen LogP contribution is 2.29. The Balaban J connectivity index is 0.000000207. The molecule has 514 valence electrons. The van der Waals surface area contributed by atoms with Crippen molar-refractivity contribution in [3.8, 4) is 0 Å². The van der Waals surface area contributed by atoms with E-state index in [1.807, 2.05) is 19.1 Å². The third-order valence-electron chi connectivity index (χ3n) is 16.7. The molecule has 6 N–H and O–H groups in total. The number of fused-ring (bicyclic) bond motifs is 1. The molecule has 5 aliphatic rings. The lowest BCUT2D eigenvalue weighted by Gasteiger charge is -2.36.